The number of rotatable bonds is 10. The van der Waals surface area contributed by atoms with Crippen molar-refractivity contribution >= 4 is 39.2 Å². The highest BCUT2D eigenvalue weighted by Crippen LogP contribution is 2.35. The molecule has 1 aromatic carbocycles. The van der Waals surface area contributed by atoms with E-state index in [0.717, 1.165) is 0 Å². The highest BCUT2D eigenvalue weighted by Gasteiger charge is 2.19. The molecular formula is C18H23ClN4O7S. The van der Waals surface area contributed by atoms with Gasteiger partial charge in [-0.3, -0.25) is 9.59 Å². The van der Waals surface area contributed by atoms with Gasteiger partial charge < -0.3 is 24.1 Å². The van der Waals surface area contributed by atoms with Crippen molar-refractivity contribution in [1.82, 2.24) is 14.3 Å². The van der Waals surface area contributed by atoms with Crippen molar-refractivity contribution in [2.75, 3.05) is 32.7 Å². The predicted octanol–water partition coefficient (Wildman–Crippen LogP) is 1.25. The summed E-state index contributed by atoms with van der Waals surface area (Å²) in [6.45, 7) is 0.886. The summed E-state index contributed by atoms with van der Waals surface area (Å²) >= 11 is 6.01. The molecule has 0 fully saturated rings. The second-order valence-electron chi connectivity index (χ2n) is 6.28. The van der Waals surface area contributed by atoms with Crippen LogP contribution in [0.1, 0.15) is 12.2 Å². The third-order valence-corrected chi connectivity index (χ3v) is 5.72. The molecule has 11 nitrogen and oxygen atoms in total. The number of nitrogens with zero attached hydrogens (tertiary/aromatic N) is 2. The van der Waals surface area contributed by atoms with Gasteiger partial charge in [0.2, 0.25) is 0 Å². The molecule has 0 aliphatic carbocycles. The third kappa shape index (κ3) is 6.57. The lowest BCUT2D eigenvalue weighted by Crippen LogP contribution is -2.28. The second-order valence-corrected chi connectivity index (χ2v) is 8.40. The van der Waals surface area contributed by atoms with E-state index in [0.29, 0.717) is 22.3 Å². The van der Waals surface area contributed by atoms with Gasteiger partial charge in [-0.1, -0.05) is 11.6 Å². The number of esters is 1. The summed E-state index contributed by atoms with van der Waals surface area (Å²) in [7, 11) is 0.638. The number of carbonyl (C=O) groups excluding carboxylic acids is 2. The first-order valence-electron chi connectivity index (χ1n) is 8.94. The summed E-state index contributed by atoms with van der Waals surface area (Å²) in [5.74, 6) is -0.230. The Balaban J connectivity index is 1.83. The summed E-state index contributed by atoms with van der Waals surface area (Å²) in [5.41, 5.74) is 0.281. The van der Waals surface area contributed by atoms with Crippen molar-refractivity contribution in [3.8, 4) is 11.5 Å². The number of benzene rings is 1. The number of aryl methyl sites for hydroxylation is 2. The van der Waals surface area contributed by atoms with Gasteiger partial charge in [-0.15, -0.1) is 0 Å². The van der Waals surface area contributed by atoms with E-state index < -0.39 is 28.5 Å². The summed E-state index contributed by atoms with van der Waals surface area (Å²) in [5, 5.41) is 2.68. The van der Waals surface area contributed by atoms with Gasteiger partial charge in [0.15, 0.2) is 11.6 Å². The topological polar surface area (TPSA) is 138 Å². The maximum absolute atomic E-state index is 12.2. The summed E-state index contributed by atoms with van der Waals surface area (Å²) < 4.78 is 43.2. The predicted molar refractivity (Wildman–Crippen MR) is 112 cm³/mol. The first-order chi connectivity index (χ1) is 14.6. The fourth-order valence-electron chi connectivity index (χ4n) is 2.38. The average Bonchev–Trinajstić information content (AvgIpc) is 3.06. The lowest BCUT2D eigenvalue weighted by molar-refractivity contribution is -0.147. The number of anilines is 1. The van der Waals surface area contributed by atoms with Crippen LogP contribution in [0.25, 0.3) is 0 Å². The monoisotopic (exact) mass is 474 g/mol. The van der Waals surface area contributed by atoms with Crippen molar-refractivity contribution in [1.29, 1.82) is 0 Å². The van der Waals surface area contributed by atoms with Crippen molar-refractivity contribution in [3.05, 3.63) is 29.2 Å². The number of aromatic nitrogens is 2. The smallest absolute Gasteiger partial charge is 0.307 e. The molecule has 1 heterocycles. The minimum Gasteiger partial charge on any atom is -0.495 e. The molecule has 31 heavy (non-hydrogen) atoms. The maximum atomic E-state index is 12.2. The minimum atomic E-state index is -3.85. The average molecular weight is 475 g/mol. The Kier molecular flexibility index (Phi) is 8.25. The highest BCUT2D eigenvalue weighted by atomic mass is 35.5. The van der Waals surface area contributed by atoms with Gasteiger partial charge in [0.1, 0.15) is 17.3 Å². The summed E-state index contributed by atoms with van der Waals surface area (Å²) in [6.07, 6.45) is 1.09. The first kappa shape index (κ1) is 24.4. The van der Waals surface area contributed by atoms with Crippen LogP contribution in [0.3, 0.4) is 0 Å². The van der Waals surface area contributed by atoms with Crippen LogP contribution in [-0.2, 0) is 31.4 Å². The zero-order valence-corrected chi connectivity index (χ0v) is 19.0. The zero-order valence-electron chi connectivity index (χ0n) is 17.4. The standard InChI is InChI=1S/C18H23ClN4O7S/c1-11-21-17(9-23(11)2)31(26,27)20-6-5-18(25)30-10-16(24)22-13-8-14(28-3)12(19)7-15(13)29-4/h7-9,20H,5-6,10H2,1-4H3,(H,22,24). The molecule has 170 valence electrons. The Bertz CT molecular complexity index is 1050. The molecule has 0 atom stereocenters. The van der Waals surface area contributed by atoms with Crippen molar-refractivity contribution in [3.63, 3.8) is 0 Å². The molecule has 0 aliphatic rings. The molecule has 13 heteroatoms. The van der Waals surface area contributed by atoms with E-state index in [2.05, 4.69) is 15.0 Å². The molecule has 1 amide bonds. The van der Waals surface area contributed by atoms with Gasteiger partial charge in [-0.25, -0.2) is 18.1 Å². The summed E-state index contributed by atoms with van der Waals surface area (Å²) in [4.78, 5) is 27.8. The Morgan fingerprint density at radius 1 is 1.19 bits per heavy atom. The quantitative estimate of drug-likeness (QED) is 0.490. The van der Waals surface area contributed by atoms with Crippen molar-refractivity contribution < 1.29 is 32.2 Å². The molecule has 0 bridgehead atoms. The van der Waals surface area contributed by atoms with Gasteiger partial charge >= 0.3 is 5.97 Å². The molecular weight excluding hydrogens is 452 g/mol. The van der Waals surface area contributed by atoms with E-state index >= 15 is 0 Å². The Hall–Kier alpha value is -2.83. The van der Waals surface area contributed by atoms with E-state index in [9.17, 15) is 18.0 Å². The van der Waals surface area contributed by atoms with E-state index in [1.54, 1.807) is 18.5 Å². The SMILES string of the molecule is COc1cc(NC(=O)COC(=O)CCNS(=O)(=O)c2cn(C)c(C)n2)c(OC)cc1Cl. The molecule has 2 aromatic rings. The fraction of sp³-hybridized carbons (Fsp3) is 0.389. The number of methoxy groups -OCH3 is 2. The third-order valence-electron chi connectivity index (χ3n) is 4.10. The van der Waals surface area contributed by atoms with Crippen LogP contribution in [-0.4, -0.2) is 57.2 Å². The molecule has 0 saturated heterocycles. The molecule has 0 radical (unpaired) electrons. The fourth-order valence-corrected chi connectivity index (χ4v) is 3.68. The number of carbonyl (C=O) groups is 2. The van der Waals surface area contributed by atoms with E-state index in [1.807, 2.05) is 0 Å². The molecule has 1 aromatic heterocycles. The molecule has 2 rings (SSSR count). The molecule has 0 saturated carbocycles. The number of sulfonamides is 1. The second kappa shape index (κ2) is 10.5. The lowest BCUT2D eigenvalue weighted by atomic mass is 10.2. The van der Waals surface area contributed by atoms with Crippen molar-refractivity contribution in [2.24, 2.45) is 7.05 Å². The van der Waals surface area contributed by atoms with Crippen LogP contribution < -0.4 is 19.5 Å². The highest BCUT2D eigenvalue weighted by molar-refractivity contribution is 7.89. The first-order valence-corrected chi connectivity index (χ1v) is 10.8. The molecule has 0 aliphatic heterocycles. The van der Waals surface area contributed by atoms with Crippen molar-refractivity contribution in [2.45, 2.75) is 18.4 Å². The number of halogens is 1. The molecule has 0 unspecified atom stereocenters. The normalized spacial score (nSPS) is 11.1. The maximum Gasteiger partial charge on any atom is 0.307 e. The van der Waals surface area contributed by atoms with Gasteiger partial charge in [-0.2, -0.15) is 0 Å². The minimum absolute atomic E-state index is 0.146. The number of hydrogen-bond acceptors (Lipinski definition) is 8. The molecule has 0 spiro atoms. The van der Waals surface area contributed by atoms with Gasteiger partial charge in [-0.05, 0) is 6.92 Å². The Morgan fingerprint density at radius 2 is 1.87 bits per heavy atom. The van der Waals surface area contributed by atoms with E-state index in [4.69, 9.17) is 25.8 Å². The van der Waals surface area contributed by atoms with Gasteiger partial charge in [0, 0.05) is 31.9 Å². The van der Waals surface area contributed by atoms with Crippen LogP contribution in [0.2, 0.25) is 5.02 Å². The molecule has 2 N–H and O–H groups in total. The number of ether oxygens (including phenoxy) is 3. The zero-order chi connectivity index (χ0) is 23.2. The largest absolute Gasteiger partial charge is 0.495 e. The van der Waals surface area contributed by atoms with Crippen LogP contribution >= 0.6 is 11.6 Å². The van der Waals surface area contributed by atoms with Gasteiger partial charge in [0.25, 0.3) is 15.9 Å². The lowest BCUT2D eigenvalue weighted by Gasteiger charge is -2.13. The number of nitrogens with one attached hydrogen (secondary N) is 2. The van der Waals surface area contributed by atoms with E-state index in [-0.39, 0.29) is 23.7 Å². The van der Waals surface area contributed by atoms with Crippen LogP contribution in [0.15, 0.2) is 23.4 Å². The Labute approximate surface area is 184 Å². The summed E-state index contributed by atoms with van der Waals surface area (Å²) in [6, 6.07) is 2.94. The number of imidazole rings is 1. The number of hydrogen-bond donors (Lipinski definition) is 2. The van der Waals surface area contributed by atoms with Crippen LogP contribution in [0.5, 0.6) is 11.5 Å². The van der Waals surface area contributed by atoms with Crippen LogP contribution in [0, 0.1) is 6.92 Å². The Morgan fingerprint density at radius 3 is 2.45 bits per heavy atom. The van der Waals surface area contributed by atoms with Crippen LogP contribution in [0.4, 0.5) is 5.69 Å². The van der Waals surface area contributed by atoms with Gasteiger partial charge in [0.05, 0.1) is 31.4 Å². The van der Waals surface area contributed by atoms with E-state index in [1.165, 1.54) is 32.5 Å². The number of amides is 1.